The van der Waals surface area contributed by atoms with Crippen molar-refractivity contribution in [2.24, 2.45) is 7.05 Å². The van der Waals surface area contributed by atoms with Crippen LogP contribution in [0, 0.1) is 6.92 Å². The molecule has 0 spiro atoms. The van der Waals surface area contributed by atoms with Crippen LogP contribution in [0.4, 0.5) is 0 Å². The molecule has 0 aliphatic carbocycles. The lowest BCUT2D eigenvalue weighted by Crippen LogP contribution is -2.34. The number of rotatable bonds is 7. The normalized spacial score (nSPS) is 11.8. The number of hydrogen-bond donors (Lipinski definition) is 1. The van der Waals surface area contributed by atoms with Crippen molar-refractivity contribution >= 4 is 27.6 Å². The SMILES string of the molecule is Cc1cnn(C)c1S(=O)(=O)N(CCC(=O)O)Cc1cccc(Cl)c1. The van der Waals surface area contributed by atoms with E-state index < -0.39 is 16.0 Å². The molecule has 0 aliphatic heterocycles. The second-order valence-corrected chi connectivity index (χ2v) is 7.66. The van der Waals surface area contributed by atoms with Crippen molar-refractivity contribution in [2.75, 3.05) is 6.54 Å². The summed E-state index contributed by atoms with van der Waals surface area (Å²) in [5, 5.41) is 13.4. The van der Waals surface area contributed by atoms with Crippen LogP contribution in [-0.2, 0) is 28.4 Å². The molecule has 2 rings (SSSR count). The van der Waals surface area contributed by atoms with Crippen molar-refractivity contribution in [1.29, 1.82) is 0 Å². The second-order valence-electron chi connectivity index (χ2n) is 5.37. The summed E-state index contributed by atoms with van der Waals surface area (Å²) >= 11 is 5.94. The van der Waals surface area contributed by atoms with Crippen LogP contribution >= 0.6 is 11.6 Å². The number of nitrogens with zero attached hydrogens (tertiary/aromatic N) is 3. The molecule has 2 aromatic rings. The van der Waals surface area contributed by atoms with E-state index in [-0.39, 0.29) is 24.5 Å². The first-order valence-electron chi connectivity index (χ1n) is 7.17. The van der Waals surface area contributed by atoms with Gasteiger partial charge in [-0.1, -0.05) is 23.7 Å². The van der Waals surface area contributed by atoms with Crippen LogP contribution in [0.3, 0.4) is 0 Å². The summed E-state index contributed by atoms with van der Waals surface area (Å²) in [7, 11) is -2.36. The van der Waals surface area contributed by atoms with Gasteiger partial charge in [-0.05, 0) is 24.6 Å². The van der Waals surface area contributed by atoms with Crippen molar-refractivity contribution in [3.05, 3.63) is 46.6 Å². The van der Waals surface area contributed by atoms with E-state index in [1.54, 1.807) is 31.2 Å². The molecule has 130 valence electrons. The largest absolute Gasteiger partial charge is 0.481 e. The number of sulfonamides is 1. The van der Waals surface area contributed by atoms with Gasteiger partial charge in [-0.25, -0.2) is 8.42 Å². The van der Waals surface area contributed by atoms with Gasteiger partial charge in [-0.2, -0.15) is 9.40 Å². The van der Waals surface area contributed by atoms with Crippen molar-refractivity contribution in [3.63, 3.8) is 0 Å². The number of benzene rings is 1. The summed E-state index contributed by atoms with van der Waals surface area (Å²) in [6.45, 7) is 1.53. The minimum absolute atomic E-state index is 0.0286. The Morgan fingerprint density at radius 1 is 1.42 bits per heavy atom. The molecule has 0 saturated carbocycles. The van der Waals surface area contributed by atoms with E-state index in [9.17, 15) is 13.2 Å². The molecule has 24 heavy (non-hydrogen) atoms. The van der Waals surface area contributed by atoms with E-state index in [1.807, 2.05) is 0 Å². The van der Waals surface area contributed by atoms with E-state index in [2.05, 4.69) is 5.10 Å². The first-order chi connectivity index (χ1) is 11.2. The first kappa shape index (κ1) is 18.4. The minimum Gasteiger partial charge on any atom is -0.481 e. The monoisotopic (exact) mass is 371 g/mol. The molecule has 0 atom stereocenters. The fraction of sp³-hybridized carbons (Fsp3) is 0.333. The van der Waals surface area contributed by atoms with E-state index in [4.69, 9.17) is 16.7 Å². The van der Waals surface area contributed by atoms with Crippen molar-refractivity contribution in [1.82, 2.24) is 14.1 Å². The molecule has 0 amide bonds. The molecule has 0 bridgehead atoms. The second kappa shape index (κ2) is 7.33. The molecule has 0 aliphatic rings. The van der Waals surface area contributed by atoms with Crippen molar-refractivity contribution < 1.29 is 18.3 Å². The van der Waals surface area contributed by atoms with Crippen LogP contribution < -0.4 is 0 Å². The number of aliphatic carboxylic acids is 1. The Bertz CT molecular complexity index is 829. The number of carboxylic acid groups (broad SMARTS) is 1. The van der Waals surface area contributed by atoms with Gasteiger partial charge in [0.1, 0.15) is 0 Å². The number of hydrogen-bond acceptors (Lipinski definition) is 4. The quantitative estimate of drug-likeness (QED) is 0.804. The van der Waals surface area contributed by atoms with Gasteiger partial charge in [0.25, 0.3) is 10.0 Å². The van der Waals surface area contributed by atoms with Crippen molar-refractivity contribution in [3.8, 4) is 0 Å². The zero-order chi connectivity index (χ0) is 17.9. The summed E-state index contributed by atoms with van der Waals surface area (Å²) in [6, 6.07) is 6.80. The van der Waals surface area contributed by atoms with Crippen LogP contribution in [0.25, 0.3) is 0 Å². The summed E-state index contributed by atoms with van der Waals surface area (Å²) in [6.07, 6.45) is 1.17. The van der Waals surface area contributed by atoms with Gasteiger partial charge in [-0.15, -0.1) is 0 Å². The Kier molecular flexibility index (Phi) is 5.63. The van der Waals surface area contributed by atoms with E-state index >= 15 is 0 Å². The topological polar surface area (TPSA) is 92.5 Å². The Labute approximate surface area is 145 Å². The predicted octanol–water partition coefficient (Wildman–Crippen LogP) is 2.05. The molecule has 7 nitrogen and oxygen atoms in total. The molecule has 1 aromatic heterocycles. The van der Waals surface area contributed by atoms with E-state index in [1.165, 1.54) is 17.9 Å². The highest BCUT2D eigenvalue weighted by molar-refractivity contribution is 7.89. The van der Waals surface area contributed by atoms with Crippen LogP contribution in [0.5, 0.6) is 0 Å². The minimum atomic E-state index is -3.90. The lowest BCUT2D eigenvalue weighted by molar-refractivity contribution is -0.137. The van der Waals surface area contributed by atoms with Gasteiger partial charge < -0.3 is 5.11 Å². The molecule has 0 fully saturated rings. The zero-order valence-electron chi connectivity index (χ0n) is 13.3. The maximum Gasteiger partial charge on any atom is 0.304 e. The highest BCUT2D eigenvalue weighted by Gasteiger charge is 2.29. The molecule has 1 heterocycles. The third-order valence-corrected chi connectivity index (χ3v) is 5.76. The molecule has 9 heteroatoms. The standard InChI is InChI=1S/C15H18ClN3O4S/c1-11-9-17-18(2)15(11)24(22,23)19(7-6-14(20)21)10-12-4-3-5-13(16)8-12/h3-5,8-9H,6-7,10H2,1-2H3,(H,20,21). The summed E-state index contributed by atoms with van der Waals surface area (Å²) in [5.41, 5.74) is 1.18. The molecule has 1 aromatic carbocycles. The molecule has 0 saturated heterocycles. The predicted molar refractivity (Wildman–Crippen MR) is 89.2 cm³/mol. The van der Waals surface area contributed by atoms with Gasteiger partial charge in [0.05, 0.1) is 12.6 Å². The molecular weight excluding hydrogens is 354 g/mol. The lowest BCUT2D eigenvalue weighted by atomic mass is 10.2. The van der Waals surface area contributed by atoms with Gasteiger partial charge in [-0.3, -0.25) is 9.48 Å². The Morgan fingerprint density at radius 3 is 2.67 bits per heavy atom. The number of halogens is 1. The summed E-state index contributed by atoms with van der Waals surface area (Å²) < 4.78 is 28.4. The fourth-order valence-electron chi connectivity index (χ4n) is 2.37. The number of carboxylic acids is 1. The number of aromatic nitrogens is 2. The van der Waals surface area contributed by atoms with Crippen LogP contribution in [0.1, 0.15) is 17.5 Å². The smallest absolute Gasteiger partial charge is 0.304 e. The summed E-state index contributed by atoms with van der Waals surface area (Å²) in [4.78, 5) is 10.9. The maximum atomic E-state index is 13.0. The molecular formula is C15H18ClN3O4S. The maximum absolute atomic E-state index is 13.0. The van der Waals surface area contributed by atoms with Gasteiger partial charge >= 0.3 is 5.97 Å². The van der Waals surface area contributed by atoms with Crippen LogP contribution in [0.15, 0.2) is 35.5 Å². The van der Waals surface area contributed by atoms with Crippen LogP contribution in [-0.4, -0.2) is 40.1 Å². The highest BCUT2D eigenvalue weighted by atomic mass is 35.5. The lowest BCUT2D eigenvalue weighted by Gasteiger charge is -2.22. The highest BCUT2D eigenvalue weighted by Crippen LogP contribution is 2.22. The van der Waals surface area contributed by atoms with Crippen LogP contribution in [0.2, 0.25) is 5.02 Å². The average Bonchev–Trinajstić information content (AvgIpc) is 2.82. The fourth-order valence-corrected chi connectivity index (χ4v) is 4.32. The van der Waals surface area contributed by atoms with E-state index in [0.29, 0.717) is 16.1 Å². The van der Waals surface area contributed by atoms with Gasteiger partial charge in [0.2, 0.25) is 0 Å². The Hall–Kier alpha value is -1.90. The summed E-state index contributed by atoms with van der Waals surface area (Å²) in [5.74, 6) is -1.07. The van der Waals surface area contributed by atoms with Gasteiger partial charge in [0.15, 0.2) is 5.03 Å². The Morgan fingerprint density at radius 2 is 2.12 bits per heavy atom. The molecule has 0 radical (unpaired) electrons. The van der Waals surface area contributed by atoms with Crippen molar-refractivity contribution in [2.45, 2.75) is 24.9 Å². The van der Waals surface area contributed by atoms with E-state index in [0.717, 1.165) is 4.31 Å². The first-order valence-corrected chi connectivity index (χ1v) is 8.98. The number of carbonyl (C=O) groups is 1. The third kappa shape index (κ3) is 4.14. The number of aryl methyl sites for hydroxylation is 2. The molecule has 1 N–H and O–H groups in total. The average molecular weight is 372 g/mol. The van der Waals surface area contributed by atoms with Gasteiger partial charge in [0, 0.05) is 30.7 Å². The zero-order valence-corrected chi connectivity index (χ0v) is 14.9. The third-order valence-electron chi connectivity index (χ3n) is 3.46. The Balaban J connectivity index is 2.40. The molecule has 0 unspecified atom stereocenters.